The first-order valence-corrected chi connectivity index (χ1v) is 4.52. The molecule has 0 aliphatic carbocycles. The Balaban J connectivity index is 2.82. The van der Waals surface area contributed by atoms with Crippen molar-refractivity contribution in [3.8, 4) is 5.75 Å². The van der Waals surface area contributed by atoms with E-state index in [4.69, 9.17) is 0 Å². The molecule has 0 bridgehead atoms. The number of alkyl halides is 3. The predicted octanol–water partition coefficient (Wildman–Crippen LogP) is 1.79. The number of para-hydroxylation sites is 1. The number of hydrogen-bond acceptors (Lipinski definition) is 3. The van der Waals surface area contributed by atoms with E-state index < -0.39 is 12.1 Å². The third-order valence-electron chi connectivity index (χ3n) is 1.88. The first kappa shape index (κ1) is 13.0. The van der Waals surface area contributed by atoms with E-state index in [0.29, 0.717) is 0 Å². The SMILES string of the molecule is CC(=NNC(=O)C(F)(F)F)c1ccccc1O. The van der Waals surface area contributed by atoms with Crippen molar-refractivity contribution in [2.24, 2.45) is 5.10 Å². The first-order valence-electron chi connectivity index (χ1n) is 4.52. The molecule has 92 valence electrons. The Kier molecular flexibility index (Phi) is 3.72. The van der Waals surface area contributed by atoms with Crippen molar-refractivity contribution < 1.29 is 23.1 Å². The normalized spacial score (nSPS) is 12.4. The van der Waals surface area contributed by atoms with E-state index in [-0.39, 0.29) is 17.0 Å². The molecule has 1 aromatic carbocycles. The summed E-state index contributed by atoms with van der Waals surface area (Å²) in [5, 5.41) is 12.6. The lowest BCUT2D eigenvalue weighted by Gasteiger charge is -2.06. The van der Waals surface area contributed by atoms with Crippen LogP contribution in [0.2, 0.25) is 0 Å². The molecule has 1 aromatic rings. The fraction of sp³-hybridized carbons (Fsp3) is 0.200. The summed E-state index contributed by atoms with van der Waals surface area (Å²) >= 11 is 0. The van der Waals surface area contributed by atoms with Gasteiger partial charge in [0.15, 0.2) is 0 Å². The van der Waals surface area contributed by atoms with Crippen molar-refractivity contribution in [1.82, 2.24) is 5.43 Å². The van der Waals surface area contributed by atoms with Crippen LogP contribution in [0, 0.1) is 0 Å². The number of benzene rings is 1. The van der Waals surface area contributed by atoms with E-state index >= 15 is 0 Å². The van der Waals surface area contributed by atoms with Gasteiger partial charge in [-0.1, -0.05) is 12.1 Å². The highest BCUT2D eigenvalue weighted by Gasteiger charge is 2.38. The smallest absolute Gasteiger partial charge is 0.473 e. The third-order valence-corrected chi connectivity index (χ3v) is 1.88. The predicted molar refractivity (Wildman–Crippen MR) is 54.5 cm³/mol. The number of carbonyl (C=O) groups is 1. The minimum absolute atomic E-state index is 0.0701. The number of rotatable bonds is 2. The average Bonchev–Trinajstić information content (AvgIpc) is 2.24. The maximum atomic E-state index is 11.9. The van der Waals surface area contributed by atoms with E-state index in [0.717, 1.165) is 0 Å². The Hall–Kier alpha value is -2.05. The van der Waals surface area contributed by atoms with Crippen molar-refractivity contribution in [3.63, 3.8) is 0 Å². The Bertz CT molecular complexity index is 455. The van der Waals surface area contributed by atoms with Gasteiger partial charge in [0.2, 0.25) is 0 Å². The Labute approximate surface area is 94.8 Å². The monoisotopic (exact) mass is 246 g/mol. The summed E-state index contributed by atoms with van der Waals surface area (Å²) < 4.78 is 35.6. The molecule has 0 saturated carbocycles. The minimum atomic E-state index is -4.98. The topological polar surface area (TPSA) is 61.7 Å². The Morgan fingerprint density at radius 2 is 1.94 bits per heavy atom. The third kappa shape index (κ3) is 3.47. The van der Waals surface area contributed by atoms with Crippen LogP contribution in [0.15, 0.2) is 29.4 Å². The van der Waals surface area contributed by atoms with Crippen LogP contribution in [-0.2, 0) is 4.79 Å². The summed E-state index contributed by atoms with van der Waals surface area (Å²) in [6, 6.07) is 5.97. The summed E-state index contributed by atoms with van der Waals surface area (Å²) in [7, 11) is 0. The fourth-order valence-corrected chi connectivity index (χ4v) is 1.04. The van der Waals surface area contributed by atoms with E-state index in [2.05, 4.69) is 5.10 Å². The van der Waals surface area contributed by atoms with E-state index in [9.17, 15) is 23.1 Å². The first-order chi connectivity index (χ1) is 7.82. The van der Waals surface area contributed by atoms with Crippen LogP contribution in [0.1, 0.15) is 12.5 Å². The second-order valence-electron chi connectivity index (χ2n) is 3.15. The molecule has 0 aromatic heterocycles. The highest BCUT2D eigenvalue weighted by atomic mass is 19.4. The molecule has 0 fully saturated rings. The molecule has 7 heteroatoms. The number of hydrogen-bond donors (Lipinski definition) is 2. The lowest BCUT2D eigenvalue weighted by atomic mass is 10.1. The molecular formula is C10H9F3N2O2. The zero-order valence-corrected chi connectivity index (χ0v) is 8.75. The van der Waals surface area contributed by atoms with Gasteiger partial charge in [0.05, 0.1) is 5.71 Å². The van der Waals surface area contributed by atoms with Crippen LogP contribution in [0.3, 0.4) is 0 Å². The van der Waals surface area contributed by atoms with Gasteiger partial charge in [-0.05, 0) is 19.1 Å². The molecular weight excluding hydrogens is 237 g/mol. The molecule has 0 spiro atoms. The van der Waals surface area contributed by atoms with E-state index in [1.165, 1.54) is 24.5 Å². The van der Waals surface area contributed by atoms with E-state index in [1.807, 2.05) is 0 Å². The fourth-order valence-electron chi connectivity index (χ4n) is 1.04. The number of phenols is 1. The maximum Gasteiger partial charge on any atom is 0.473 e. The summed E-state index contributed by atoms with van der Waals surface area (Å²) in [5.74, 6) is -2.29. The molecule has 1 amide bonds. The Morgan fingerprint density at radius 3 is 2.47 bits per heavy atom. The number of hydrazone groups is 1. The Morgan fingerprint density at radius 1 is 1.35 bits per heavy atom. The number of phenolic OH excluding ortho intramolecular Hbond substituents is 1. The number of nitrogens with one attached hydrogen (secondary N) is 1. The number of carbonyl (C=O) groups excluding carboxylic acids is 1. The van der Waals surface area contributed by atoms with Gasteiger partial charge in [-0.25, -0.2) is 5.43 Å². The number of amides is 1. The van der Waals surface area contributed by atoms with Gasteiger partial charge >= 0.3 is 12.1 Å². The minimum Gasteiger partial charge on any atom is -0.507 e. The second-order valence-corrected chi connectivity index (χ2v) is 3.15. The molecule has 1 rings (SSSR count). The lowest BCUT2D eigenvalue weighted by Crippen LogP contribution is -2.34. The van der Waals surface area contributed by atoms with Crippen molar-refractivity contribution in [3.05, 3.63) is 29.8 Å². The molecule has 0 radical (unpaired) electrons. The molecule has 0 atom stereocenters. The highest BCUT2D eigenvalue weighted by molar-refractivity contribution is 6.01. The summed E-state index contributed by atoms with van der Waals surface area (Å²) in [5.41, 5.74) is 1.68. The van der Waals surface area contributed by atoms with Crippen molar-refractivity contribution in [1.29, 1.82) is 0 Å². The van der Waals surface area contributed by atoms with Crippen molar-refractivity contribution in [2.75, 3.05) is 0 Å². The summed E-state index contributed by atoms with van der Waals surface area (Å²) in [6.45, 7) is 1.37. The molecule has 0 aliphatic rings. The summed E-state index contributed by atoms with van der Waals surface area (Å²) in [4.78, 5) is 10.5. The van der Waals surface area contributed by atoms with Crippen LogP contribution >= 0.6 is 0 Å². The van der Waals surface area contributed by atoms with Crippen LogP contribution < -0.4 is 5.43 Å². The van der Waals surface area contributed by atoms with E-state index in [1.54, 1.807) is 12.1 Å². The molecule has 17 heavy (non-hydrogen) atoms. The number of aromatic hydroxyl groups is 1. The molecule has 4 nitrogen and oxygen atoms in total. The second kappa shape index (κ2) is 4.86. The van der Waals surface area contributed by atoms with Gasteiger partial charge in [-0.2, -0.15) is 18.3 Å². The van der Waals surface area contributed by atoms with Gasteiger partial charge in [0.1, 0.15) is 5.75 Å². The molecule has 0 aliphatic heterocycles. The zero-order valence-electron chi connectivity index (χ0n) is 8.75. The van der Waals surface area contributed by atoms with Crippen LogP contribution in [0.25, 0.3) is 0 Å². The number of nitrogens with zero attached hydrogens (tertiary/aromatic N) is 1. The van der Waals surface area contributed by atoms with Crippen molar-refractivity contribution >= 4 is 11.6 Å². The summed E-state index contributed by atoms with van der Waals surface area (Å²) in [6.07, 6.45) is -4.98. The van der Waals surface area contributed by atoms with Gasteiger partial charge < -0.3 is 5.11 Å². The largest absolute Gasteiger partial charge is 0.507 e. The van der Waals surface area contributed by atoms with Crippen LogP contribution in [0.4, 0.5) is 13.2 Å². The van der Waals surface area contributed by atoms with Crippen LogP contribution in [-0.4, -0.2) is 22.9 Å². The van der Waals surface area contributed by atoms with Crippen LogP contribution in [0.5, 0.6) is 5.75 Å². The van der Waals surface area contributed by atoms with Crippen molar-refractivity contribution in [2.45, 2.75) is 13.1 Å². The lowest BCUT2D eigenvalue weighted by molar-refractivity contribution is -0.173. The number of halogens is 3. The van der Waals surface area contributed by atoms with Gasteiger partial charge in [0.25, 0.3) is 0 Å². The molecule has 0 saturated heterocycles. The highest BCUT2D eigenvalue weighted by Crippen LogP contribution is 2.17. The standard InChI is InChI=1S/C10H9F3N2O2/c1-6(7-4-2-3-5-8(7)16)14-15-9(17)10(11,12)13/h2-5,16H,1H3,(H,15,17). The molecule has 2 N–H and O–H groups in total. The quantitative estimate of drug-likeness (QED) is 0.617. The van der Waals surface area contributed by atoms with Gasteiger partial charge in [-0.3, -0.25) is 4.79 Å². The molecule has 0 heterocycles. The molecule has 0 unspecified atom stereocenters. The maximum absolute atomic E-state index is 11.9. The zero-order chi connectivity index (χ0) is 13.1. The average molecular weight is 246 g/mol. The van der Waals surface area contributed by atoms with Gasteiger partial charge in [0, 0.05) is 5.56 Å². The van der Waals surface area contributed by atoms with Gasteiger partial charge in [-0.15, -0.1) is 0 Å².